The Morgan fingerprint density at radius 1 is 1.15 bits per heavy atom. The molecular formula is C15H14N2O3. The van der Waals surface area contributed by atoms with Gasteiger partial charge in [-0.25, -0.2) is 0 Å². The topological polar surface area (TPSA) is 72.2 Å². The largest absolute Gasteiger partial charge is 0.377 e. The second-order valence-electron chi connectivity index (χ2n) is 4.40. The molecule has 0 aliphatic rings. The van der Waals surface area contributed by atoms with Crippen LogP contribution in [0.15, 0.2) is 48.5 Å². The van der Waals surface area contributed by atoms with Crippen molar-refractivity contribution in [2.45, 2.75) is 6.92 Å². The predicted octanol–water partition coefficient (Wildman–Crippen LogP) is 3.20. The number of nitro benzene ring substituents is 1. The maximum Gasteiger partial charge on any atom is 0.269 e. The van der Waals surface area contributed by atoms with Gasteiger partial charge in [-0.1, -0.05) is 18.2 Å². The quantitative estimate of drug-likeness (QED) is 0.514. The molecule has 20 heavy (non-hydrogen) atoms. The summed E-state index contributed by atoms with van der Waals surface area (Å²) in [5.41, 5.74) is 2.40. The van der Waals surface area contributed by atoms with Gasteiger partial charge in [0.25, 0.3) is 5.69 Å². The van der Waals surface area contributed by atoms with E-state index in [0.717, 1.165) is 11.3 Å². The SMILES string of the molecule is Cc1ccccc1NCC(=O)c1ccc([N+](=O)[O-])cc1. The van der Waals surface area contributed by atoms with Gasteiger partial charge in [-0.2, -0.15) is 0 Å². The van der Waals surface area contributed by atoms with Crippen molar-refractivity contribution in [1.82, 2.24) is 0 Å². The van der Waals surface area contributed by atoms with Gasteiger partial charge in [-0.15, -0.1) is 0 Å². The van der Waals surface area contributed by atoms with Gasteiger partial charge in [0.2, 0.25) is 0 Å². The van der Waals surface area contributed by atoms with E-state index < -0.39 is 4.92 Å². The van der Waals surface area contributed by atoms with Crippen molar-refractivity contribution < 1.29 is 9.72 Å². The zero-order valence-electron chi connectivity index (χ0n) is 11.0. The summed E-state index contributed by atoms with van der Waals surface area (Å²) in [6.07, 6.45) is 0. The highest BCUT2D eigenvalue weighted by Gasteiger charge is 2.09. The fourth-order valence-electron chi connectivity index (χ4n) is 1.82. The number of nitrogens with one attached hydrogen (secondary N) is 1. The number of benzene rings is 2. The van der Waals surface area contributed by atoms with E-state index in [-0.39, 0.29) is 18.0 Å². The molecule has 0 atom stereocenters. The number of nitro groups is 1. The molecule has 0 amide bonds. The summed E-state index contributed by atoms with van der Waals surface area (Å²) in [7, 11) is 0. The Balaban J connectivity index is 2.02. The average molecular weight is 270 g/mol. The van der Waals surface area contributed by atoms with Gasteiger partial charge < -0.3 is 5.32 Å². The van der Waals surface area contributed by atoms with E-state index in [1.807, 2.05) is 31.2 Å². The third-order valence-electron chi connectivity index (χ3n) is 2.98. The lowest BCUT2D eigenvalue weighted by atomic mass is 10.1. The lowest BCUT2D eigenvalue weighted by Crippen LogP contribution is -2.14. The zero-order valence-corrected chi connectivity index (χ0v) is 11.0. The molecule has 0 saturated heterocycles. The summed E-state index contributed by atoms with van der Waals surface area (Å²) in [6, 6.07) is 13.3. The lowest BCUT2D eigenvalue weighted by molar-refractivity contribution is -0.384. The first-order valence-electron chi connectivity index (χ1n) is 6.15. The summed E-state index contributed by atoms with van der Waals surface area (Å²) in [5, 5.41) is 13.6. The molecule has 0 saturated carbocycles. The zero-order chi connectivity index (χ0) is 14.5. The minimum atomic E-state index is -0.486. The van der Waals surface area contributed by atoms with E-state index in [1.54, 1.807) is 0 Å². The minimum absolute atomic E-state index is 0.0200. The Labute approximate surface area is 116 Å². The first-order chi connectivity index (χ1) is 9.58. The summed E-state index contributed by atoms with van der Waals surface area (Å²) < 4.78 is 0. The molecule has 0 unspecified atom stereocenters. The van der Waals surface area contributed by atoms with Crippen LogP contribution in [-0.4, -0.2) is 17.3 Å². The highest BCUT2D eigenvalue weighted by Crippen LogP contribution is 2.15. The monoisotopic (exact) mass is 270 g/mol. The van der Waals surface area contributed by atoms with Crippen molar-refractivity contribution in [3.8, 4) is 0 Å². The number of Topliss-reactive ketones (excluding diaryl/α,β-unsaturated/α-hetero) is 1. The number of nitrogens with zero attached hydrogens (tertiary/aromatic N) is 1. The van der Waals surface area contributed by atoms with Crippen LogP contribution >= 0.6 is 0 Å². The molecular weight excluding hydrogens is 256 g/mol. The average Bonchev–Trinajstić information content (AvgIpc) is 2.46. The van der Waals surface area contributed by atoms with Crippen molar-refractivity contribution in [3.63, 3.8) is 0 Å². The number of hydrogen-bond donors (Lipinski definition) is 1. The van der Waals surface area contributed by atoms with Crippen LogP contribution in [0.25, 0.3) is 0 Å². The van der Waals surface area contributed by atoms with Crippen molar-refractivity contribution in [2.24, 2.45) is 0 Å². The molecule has 102 valence electrons. The third kappa shape index (κ3) is 3.20. The van der Waals surface area contributed by atoms with Crippen LogP contribution in [0.1, 0.15) is 15.9 Å². The molecule has 5 heteroatoms. The maximum absolute atomic E-state index is 12.0. The molecule has 0 aliphatic heterocycles. The van der Waals surface area contributed by atoms with Crippen LogP contribution in [-0.2, 0) is 0 Å². The number of ketones is 1. The number of aryl methyl sites for hydroxylation is 1. The van der Waals surface area contributed by atoms with Crippen LogP contribution < -0.4 is 5.32 Å². The standard InChI is InChI=1S/C15H14N2O3/c1-11-4-2-3-5-14(11)16-10-15(18)12-6-8-13(9-7-12)17(19)20/h2-9,16H,10H2,1H3. The molecule has 0 aliphatic carbocycles. The van der Waals surface area contributed by atoms with Crippen LogP contribution in [0.2, 0.25) is 0 Å². The molecule has 0 spiro atoms. The molecule has 2 rings (SSSR count). The van der Waals surface area contributed by atoms with Gasteiger partial charge in [-0.3, -0.25) is 14.9 Å². The number of carbonyl (C=O) groups is 1. The smallest absolute Gasteiger partial charge is 0.269 e. The van der Waals surface area contributed by atoms with Crippen LogP contribution in [0.4, 0.5) is 11.4 Å². The van der Waals surface area contributed by atoms with Crippen LogP contribution in [0, 0.1) is 17.0 Å². The van der Waals surface area contributed by atoms with Crippen LogP contribution in [0.5, 0.6) is 0 Å². The molecule has 0 aromatic heterocycles. The molecule has 5 nitrogen and oxygen atoms in total. The Bertz CT molecular complexity index is 636. The lowest BCUT2D eigenvalue weighted by Gasteiger charge is -2.08. The number of anilines is 1. The Morgan fingerprint density at radius 3 is 2.40 bits per heavy atom. The van der Waals surface area contributed by atoms with E-state index in [1.165, 1.54) is 24.3 Å². The van der Waals surface area contributed by atoms with Gasteiger partial charge in [0, 0.05) is 23.4 Å². The fraction of sp³-hybridized carbons (Fsp3) is 0.133. The Morgan fingerprint density at radius 2 is 1.80 bits per heavy atom. The Kier molecular flexibility index (Phi) is 4.10. The van der Waals surface area contributed by atoms with E-state index in [2.05, 4.69) is 5.32 Å². The second kappa shape index (κ2) is 5.97. The van der Waals surface area contributed by atoms with Crippen molar-refractivity contribution in [3.05, 3.63) is 69.8 Å². The number of rotatable bonds is 5. The highest BCUT2D eigenvalue weighted by atomic mass is 16.6. The number of para-hydroxylation sites is 1. The Hall–Kier alpha value is -2.69. The fourth-order valence-corrected chi connectivity index (χ4v) is 1.82. The van der Waals surface area contributed by atoms with Gasteiger partial charge >= 0.3 is 0 Å². The molecule has 2 aromatic carbocycles. The molecule has 0 bridgehead atoms. The molecule has 0 radical (unpaired) electrons. The molecule has 1 N–H and O–H groups in total. The number of hydrogen-bond acceptors (Lipinski definition) is 4. The highest BCUT2D eigenvalue weighted by molar-refractivity contribution is 5.99. The van der Waals surface area contributed by atoms with E-state index in [0.29, 0.717) is 5.56 Å². The van der Waals surface area contributed by atoms with Crippen molar-refractivity contribution in [1.29, 1.82) is 0 Å². The van der Waals surface area contributed by atoms with Gasteiger partial charge in [-0.05, 0) is 30.7 Å². The minimum Gasteiger partial charge on any atom is -0.377 e. The van der Waals surface area contributed by atoms with Gasteiger partial charge in [0.05, 0.1) is 11.5 Å². The molecule has 2 aromatic rings. The third-order valence-corrected chi connectivity index (χ3v) is 2.98. The maximum atomic E-state index is 12.0. The van der Waals surface area contributed by atoms with Crippen molar-refractivity contribution >= 4 is 17.2 Å². The summed E-state index contributed by atoms with van der Waals surface area (Å²) in [4.78, 5) is 22.0. The normalized spacial score (nSPS) is 10.1. The van der Waals surface area contributed by atoms with E-state index in [4.69, 9.17) is 0 Å². The van der Waals surface area contributed by atoms with Gasteiger partial charge in [0.1, 0.15) is 0 Å². The molecule has 0 heterocycles. The van der Waals surface area contributed by atoms with Gasteiger partial charge in [0.15, 0.2) is 5.78 Å². The first-order valence-corrected chi connectivity index (χ1v) is 6.15. The predicted molar refractivity (Wildman–Crippen MR) is 77.1 cm³/mol. The summed E-state index contributed by atoms with van der Waals surface area (Å²) in [5.74, 6) is -0.108. The van der Waals surface area contributed by atoms with E-state index >= 15 is 0 Å². The number of carbonyl (C=O) groups excluding carboxylic acids is 1. The van der Waals surface area contributed by atoms with E-state index in [9.17, 15) is 14.9 Å². The second-order valence-corrected chi connectivity index (χ2v) is 4.40. The molecule has 0 fully saturated rings. The van der Waals surface area contributed by atoms with Crippen molar-refractivity contribution in [2.75, 3.05) is 11.9 Å². The first kappa shape index (κ1) is 13.7. The summed E-state index contributed by atoms with van der Waals surface area (Å²) in [6.45, 7) is 2.11. The number of non-ortho nitro benzene ring substituents is 1. The van der Waals surface area contributed by atoms with Crippen LogP contribution in [0.3, 0.4) is 0 Å². The summed E-state index contributed by atoms with van der Waals surface area (Å²) >= 11 is 0.